The van der Waals surface area contributed by atoms with Crippen LogP contribution < -0.4 is 0 Å². The Hall–Kier alpha value is -5.44. The summed E-state index contributed by atoms with van der Waals surface area (Å²) in [5, 5.41) is 35.6. The molecule has 32 heteroatoms. The maximum atomic E-state index is 13.2. The van der Waals surface area contributed by atoms with Crippen molar-refractivity contribution in [3.63, 3.8) is 0 Å². The summed E-state index contributed by atoms with van der Waals surface area (Å²) in [5.41, 5.74) is -1.49. The normalized spacial score (nSPS) is 30.5. The fourth-order valence-corrected chi connectivity index (χ4v) is 13.3. The first-order valence-corrected chi connectivity index (χ1v) is 26.2. The number of halogens is 2. The van der Waals surface area contributed by atoms with Crippen LogP contribution in [-0.2, 0) is 95.8 Å². The third kappa shape index (κ3) is 11.2. The SMILES string of the molecule is CC(C)(CCC(C)(C)OC(=O)CO)OC(=O)CO.O=C(Cl)CCC(=O)Cl.O=C1C2C3C=CC(C2C(=O)N1O)C1C(=O)N(OS(=O)(=O)CCS(=O)(=O)ON2C(=O)C4C5C=CC(C6C(=O)N(O)C(=O)C56)C4C2=O)C(=O)C31. The van der Waals surface area contributed by atoms with Gasteiger partial charge in [-0.1, -0.05) is 24.3 Å². The molecule has 12 atom stereocenters. The monoisotopic (exact) mass is 1130 g/mol. The van der Waals surface area contributed by atoms with Gasteiger partial charge in [0.05, 0.1) is 58.8 Å². The van der Waals surface area contributed by atoms with Gasteiger partial charge in [0, 0.05) is 36.5 Å². The highest BCUT2D eigenvalue weighted by atomic mass is 35.5. The number of ether oxygens (including phenoxy) is 2. The topological polar surface area (TPSA) is 404 Å². The summed E-state index contributed by atoms with van der Waals surface area (Å²) >= 11 is 9.74. The molecule has 8 amide bonds. The van der Waals surface area contributed by atoms with Crippen molar-refractivity contribution in [1.82, 2.24) is 20.3 Å². The minimum Gasteiger partial charge on any atom is -0.458 e. The number of hydroxylamine groups is 8. The molecule has 4 aliphatic heterocycles. The van der Waals surface area contributed by atoms with Crippen molar-refractivity contribution in [1.29, 1.82) is 0 Å². The van der Waals surface area contributed by atoms with Crippen LogP contribution in [0.2, 0.25) is 0 Å². The highest BCUT2D eigenvalue weighted by Gasteiger charge is 2.71. The van der Waals surface area contributed by atoms with Gasteiger partial charge in [0.1, 0.15) is 24.4 Å². The second kappa shape index (κ2) is 21.3. The Balaban J connectivity index is 0.000000285. The quantitative estimate of drug-likeness (QED) is 0.0403. The number of esters is 2. The summed E-state index contributed by atoms with van der Waals surface area (Å²) in [7, 11) is -10.1. The highest BCUT2D eigenvalue weighted by molar-refractivity contribution is 7.90. The molecular formula is C42H48Cl2N4O24S2. The molecule has 4 N–H and O–H groups in total. The molecule has 0 aromatic heterocycles. The van der Waals surface area contributed by atoms with Gasteiger partial charge in [-0.2, -0.15) is 27.0 Å². The van der Waals surface area contributed by atoms with Crippen molar-refractivity contribution in [2.45, 2.75) is 64.6 Å². The molecule has 74 heavy (non-hydrogen) atoms. The van der Waals surface area contributed by atoms with E-state index in [9.17, 15) is 84.8 Å². The second-order valence-corrected chi connectivity index (χ2v) is 23.6. The first-order chi connectivity index (χ1) is 34.2. The zero-order chi connectivity index (χ0) is 55.5. The van der Waals surface area contributed by atoms with Gasteiger partial charge in [-0.15, -0.1) is 18.7 Å². The Labute approximate surface area is 429 Å². The lowest BCUT2D eigenvalue weighted by atomic mass is 9.54. The number of hydrogen-bond acceptors (Lipinski definition) is 24. The maximum absolute atomic E-state index is 13.2. The smallest absolute Gasteiger partial charge is 0.332 e. The Morgan fingerprint density at radius 1 is 0.486 bits per heavy atom. The van der Waals surface area contributed by atoms with E-state index in [1.807, 2.05) is 0 Å². The van der Waals surface area contributed by atoms with Crippen molar-refractivity contribution < 1.29 is 113 Å². The molecule has 6 aliphatic carbocycles. The highest BCUT2D eigenvalue weighted by Crippen LogP contribution is 2.59. The molecule has 4 saturated heterocycles. The van der Waals surface area contributed by atoms with E-state index in [1.54, 1.807) is 27.7 Å². The van der Waals surface area contributed by atoms with Gasteiger partial charge in [-0.3, -0.25) is 58.4 Å². The Morgan fingerprint density at radius 3 is 0.932 bits per heavy atom. The molecule has 10 rings (SSSR count). The number of aliphatic hydroxyl groups is 2. The molecule has 4 bridgehead atoms. The first kappa shape index (κ1) is 57.8. The molecule has 12 unspecified atom stereocenters. The van der Waals surface area contributed by atoms with E-state index in [0.717, 1.165) is 0 Å². The van der Waals surface area contributed by atoms with Gasteiger partial charge in [0.25, 0.3) is 67.5 Å². The Kier molecular flexibility index (Phi) is 16.6. The Bertz CT molecular complexity index is 2480. The summed E-state index contributed by atoms with van der Waals surface area (Å²) < 4.78 is 70.8. The minimum atomic E-state index is -5.07. The molecule has 6 fully saturated rings. The molecule has 4 heterocycles. The lowest BCUT2D eigenvalue weighted by Gasteiger charge is -2.44. The number of amides is 8. The van der Waals surface area contributed by atoms with E-state index >= 15 is 0 Å². The number of aliphatic hydroxyl groups excluding tert-OH is 2. The number of carbonyl (C=O) groups is 12. The van der Waals surface area contributed by atoms with E-state index in [0.29, 0.717) is 12.8 Å². The van der Waals surface area contributed by atoms with Crippen molar-refractivity contribution in [2.24, 2.45) is 71.0 Å². The number of nitrogens with zero attached hydrogens (tertiary/aromatic N) is 4. The maximum Gasteiger partial charge on any atom is 0.332 e. The van der Waals surface area contributed by atoms with Gasteiger partial charge < -0.3 is 19.7 Å². The third-order valence-electron chi connectivity index (χ3n) is 13.7. The first-order valence-electron chi connectivity index (χ1n) is 22.3. The summed E-state index contributed by atoms with van der Waals surface area (Å²) in [6.07, 6.45) is 6.74. The molecule has 2 saturated carbocycles. The van der Waals surface area contributed by atoms with E-state index < -0.39 is 197 Å². The van der Waals surface area contributed by atoms with Crippen molar-refractivity contribution in [3.05, 3.63) is 24.3 Å². The van der Waals surface area contributed by atoms with Crippen molar-refractivity contribution in [2.75, 3.05) is 24.7 Å². The van der Waals surface area contributed by atoms with E-state index in [1.165, 1.54) is 24.3 Å². The molecule has 0 aromatic carbocycles. The number of allylic oxidation sites excluding steroid dienone is 4. The Morgan fingerprint density at radius 2 is 0.716 bits per heavy atom. The average molecular weight is 1130 g/mol. The average Bonchev–Trinajstić information content (AvgIpc) is 3.93. The van der Waals surface area contributed by atoms with E-state index in [-0.39, 0.29) is 33.1 Å². The van der Waals surface area contributed by atoms with Gasteiger partial charge in [0.15, 0.2) is 0 Å². The van der Waals surface area contributed by atoms with Crippen LogP contribution in [0.5, 0.6) is 0 Å². The molecule has 0 aromatic rings. The molecule has 0 spiro atoms. The predicted octanol–water partition coefficient (Wildman–Crippen LogP) is -1.98. The summed E-state index contributed by atoms with van der Waals surface area (Å²) in [4.78, 5) is 145. The van der Waals surface area contributed by atoms with Crippen molar-refractivity contribution in [3.8, 4) is 0 Å². The molecule has 0 radical (unpaired) electrons. The van der Waals surface area contributed by atoms with Crippen LogP contribution in [0.1, 0.15) is 53.4 Å². The van der Waals surface area contributed by atoms with Gasteiger partial charge in [-0.25, -0.2) is 9.59 Å². The largest absolute Gasteiger partial charge is 0.458 e. The fraction of sp³-hybridized carbons (Fsp3) is 0.619. The lowest BCUT2D eigenvalue weighted by molar-refractivity contribution is -0.174. The molecular weight excluding hydrogens is 1080 g/mol. The lowest BCUT2D eigenvalue weighted by Crippen LogP contribution is -2.50. The number of rotatable bonds is 17. The van der Waals surface area contributed by atoms with Gasteiger partial charge in [-0.05, 0) is 63.7 Å². The van der Waals surface area contributed by atoms with Crippen LogP contribution in [0.15, 0.2) is 24.3 Å². The minimum absolute atomic E-state index is 0.0316. The van der Waals surface area contributed by atoms with Gasteiger partial charge in [0.2, 0.25) is 10.5 Å². The summed E-state index contributed by atoms with van der Waals surface area (Å²) in [6, 6.07) is 0. The third-order valence-corrected chi connectivity index (χ3v) is 16.5. The van der Waals surface area contributed by atoms with E-state index in [4.69, 9.17) is 51.5 Å². The van der Waals surface area contributed by atoms with Gasteiger partial charge >= 0.3 is 11.9 Å². The number of carbonyl (C=O) groups excluding carboxylic acids is 12. The zero-order valence-corrected chi connectivity index (χ0v) is 42.4. The molecule has 406 valence electrons. The van der Waals surface area contributed by atoms with Crippen LogP contribution in [0.3, 0.4) is 0 Å². The van der Waals surface area contributed by atoms with Crippen LogP contribution in [0.25, 0.3) is 0 Å². The fourth-order valence-electron chi connectivity index (χ4n) is 10.6. The number of hydrogen-bond donors (Lipinski definition) is 4. The number of imide groups is 4. The second-order valence-electron chi connectivity index (χ2n) is 19.4. The van der Waals surface area contributed by atoms with Crippen LogP contribution in [0, 0.1) is 71.0 Å². The van der Waals surface area contributed by atoms with Crippen LogP contribution in [-0.4, -0.2) is 163 Å². The summed E-state index contributed by atoms with van der Waals surface area (Å²) in [6.45, 7) is 5.53. The molecule has 10 aliphatic rings. The van der Waals surface area contributed by atoms with Crippen LogP contribution in [0.4, 0.5) is 0 Å². The zero-order valence-electron chi connectivity index (χ0n) is 39.2. The van der Waals surface area contributed by atoms with Crippen molar-refractivity contribution >= 4 is 113 Å². The van der Waals surface area contributed by atoms with E-state index in [2.05, 4.69) is 0 Å². The standard InChI is InChI=1S/C26H22N4O16S2.C12H22O6.C4H4Cl2O2/c31-19-11-7-1-2-8(12(11)20(32)27(19)39)16-15(7)23(35)29(24(16)36)45-47(41,42)5-6-48(43,44)46-30-25(37)17-9-3-4-10(18(17)26(30)38)14-13(9)21(33)28(40)22(14)34;1-11(2,17-9(15)7-13)5-6-12(3,4)18-10(16)8-14;5-3(7)1-2-4(6)8/h1-4,7-18,39-40H,5-6H2;13-14H,5-8H2,1-4H3;1-2H2. The predicted molar refractivity (Wildman–Crippen MR) is 236 cm³/mol. The van der Waals surface area contributed by atoms with Crippen LogP contribution >= 0.6 is 23.2 Å². The summed E-state index contributed by atoms with van der Waals surface area (Å²) in [5.74, 6) is -26.8. The molecule has 28 nitrogen and oxygen atoms in total.